The van der Waals surface area contributed by atoms with Gasteiger partial charge in [0.05, 0.1) is 16.3 Å². The summed E-state index contributed by atoms with van der Waals surface area (Å²) in [5, 5.41) is 0.555. The van der Waals surface area contributed by atoms with E-state index in [9.17, 15) is 4.79 Å². The minimum atomic E-state index is -0.0997. The lowest BCUT2D eigenvalue weighted by atomic mass is 10.2. The molecule has 0 unspecified atom stereocenters. The van der Waals surface area contributed by atoms with Crippen molar-refractivity contribution in [3.8, 4) is 0 Å². The highest BCUT2D eigenvalue weighted by molar-refractivity contribution is 6.31. The molecule has 0 spiro atoms. The number of hydrogen-bond acceptors (Lipinski definition) is 4. The number of halogens is 1. The third kappa shape index (κ3) is 1.88. The molecule has 2 aromatic heterocycles. The van der Waals surface area contributed by atoms with E-state index < -0.39 is 0 Å². The largest absolute Gasteiger partial charge is 0.319 e. The predicted molar refractivity (Wildman–Crippen MR) is 81.4 cm³/mol. The number of anilines is 3. The van der Waals surface area contributed by atoms with Crippen LogP contribution in [0.5, 0.6) is 0 Å². The van der Waals surface area contributed by atoms with Gasteiger partial charge in [0.1, 0.15) is 5.82 Å². The van der Waals surface area contributed by atoms with Crippen molar-refractivity contribution >= 4 is 34.8 Å². The summed E-state index contributed by atoms with van der Waals surface area (Å²) in [6.07, 6.45) is 5.45. The number of hydrogen-bond donors (Lipinski definition) is 0. The van der Waals surface area contributed by atoms with Crippen LogP contribution in [0.3, 0.4) is 0 Å². The monoisotopic (exact) mass is 300 g/mol. The van der Waals surface area contributed by atoms with Gasteiger partial charge in [-0.25, -0.2) is 9.97 Å². The second-order valence-corrected chi connectivity index (χ2v) is 5.77. The van der Waals surface area contributed by atoms with Crippen LogP contribution < -0.4 is 9.80 Å². The quantitative estimate of drug-likeness (QED) is 0.812. The number of fused-ring (bicyclic) bond motifs is 2. The van der Waals surface area contributed by atoms with Crippen molar-refractivity contribution in [3.05, 3.63) is 41.2 Å². The Hall–Kier alpha value is -2.14. The summed E-state index contributed by atoms with van der Waals surface area (Å²) < 4.78 is 0. The first-order valence-electron chi connectivity index (χ1n) is 6.84. The first kappa shape index (κ1) is 12.6. The van der Waals surface area contributed by atoms with E-state index in [4.69, 9.17) is 11.6 Å². The number of pyridine rings is 2. The van der Waals surface area contributed by atoms with Gasteiger partial charge in [0.15, 0.2) is 5.82 Å². The Balaban J connectivity index is 2.02. The van der Waals surface area contributed by atoms with Crippen LogP contribution in [0.25, 0.3) is 0 Å². The third-order valence-corrected chi connectivity index (χ3v) is 4.06. The van der Waals surface area contributed by atoms with Crippen LogP contribution in [-0.4, -0.2) is 29.0 Å². The smallest absolute Gasteiger partial charge is 0.262 e. The summed E-state index contributed by atoms with van der Waals surface area (Å²) >= 11 is 6.12. The van der Waals surface area contributed by atoms with Gasteiger partial charge in [0.2, 0.25) is 0 Å². The van der Waals surface area contributed by atoms with E-state index >= 15 is 0 Å². The zero-order valence-corrected chi connectivity index (χ0v) is 12.2. The standard InChI is InChI=1S/C15H13ClN4O/c1-19-14-12(7-9(16)8-18-14)20(10-4-5-10)13-11(15(19)21)3-2-6-17-13/h2-3,6-8,10H,4-5H2,1H3. The summed E-state index contributed by atoms with van der Waals surface area (Å²) in [5.41, 5.74) is 1.44. The van der Waals surface area contributed by atoms with Gasteiger partial charge in [-0.3, -0.25) is 9.69 Å². The highest BCUT2D eigenvalue weighted by atomic mass is 35.5. The number of amides is 1. The van der Waals surface area contributed by atoms with Crippen molar-refractivity contribution in [2.75, 3.05) is 16.8 Å². The molecule has 2 aromatic rings. The van der Waals surface area contributed by atoms with E-state index in [-0.39, 0.29) is 5.91 Å². The average Bonchev–Trinajstić information content (AvgIpc) is 3.31. The molecular weight excluding hydrogens is 288 g/mol. The molecule has 1 fully saturated rings. The molecule has 0 saturated heterocycles. The number of rotatable bonds is 1. The minimum Gasteiger partial charge on any atom is -0.319 e. The Morgan fingerprint density at radius 1 is 1.29 bits per heavy atom. The summed E-state index contributed by atoms with van der Waals surface area (Å²) in [7, 11) is 1.73. The van der Waals surface area contributed by atoms with Crippen LogP contribution >= 0.6 is 11.6 Å². The van der Waals surface area contributed by atoms with Gasteiger partial charge in [-0.2, -0.15) is 0 Å². The zero-order chi connectivity index (χ0) is 14.6. The average molecular weight is 301 g/mol. The van der Waals surface area contributed by atoms with Crippen LogP contribution in [0.1, 0.15) is 23.2 Å². The Kier molecular flexibility index (Phi) is 2.65. The maximum Gasteiger partial charge on any atom is 0.262 e. The molecule has 0 N–H and O–H groups in total. The summed E-state index contributed by atoms with van der Waals surface area (Å²) in [6, 6.07) is 5.81. The molecule has 6 heteroatoms. The number of nitrogens with zero attached hydrogens (tertiary/aromatic N) is 4. The van der Waals surface area contributed by atoms with Gasteiger partial charge in [0.25, 0.3) is 5.91 Å². The van der Waals surface area contributed by atoms with Gasteiger partial charge in [-0.15, -0.1) is 0 Å². The van der Waals surface area contributed by atoms with Crippen molar-refractivity contribution in [2.45, 2.75) is 18.9 Å². The molecule has 3 heterocycles. The maximum atomic E-state index is 12.7. The van der Waals surface area contributed by atoms with E-state index in [1.54, 1.807) is 30.4 Å². The molecule has 1 amide bonds. The van der Waals surface area contributed by atoms with Crippen molar-refractivity contribution in [3.63, 3.8) is 0 Å². The van der Waals surface area contributed by atoms with Crippen LogP contribution in [0, 0.1) is 0 Å². The summed E-state index contributed by atoms with van der Waals surface area (Å²) in [5.74, 6) is 1.21. The second kappa shape index (κ2) is 4.43. The predicted octanol–water partition coefficient (Wildman–Crippen LogP) is 3.02. The van der Waals surface area contributed by atoms with Gasteiger partial charge in [0, 0.05) is 25.5 Å². The highest BCUT2D eigenvalue weighted by Gasteiger charge is 2.38. The molecule has 0 atom stereocenters. The molecule has 4 rings (SSSR count). The molecule has 2 aliphatic rings. The van der Waals surface area contributed by atoms with Gasteiger partial charge < -0.3 is 4.90 Å². The molecule has 0 bridgehead atoms. The lowest BCUT2D eigenvalue weighted by Gasteiger charge is -2.24. The third-order valence-electron chi connectivity index (χ3n) is 3.85. The van der Waals surface area contributed by atoms with Crippen LogP contribution in [0.15, 0.2) is 30.6 Å². The Bertz CT molecular complexity index is 744. The van der Waals surface area contributed by atoms with Crippen LogP contribution in [0.2, 0.25) is 5.02 Å². The minimum absolute atomic E-state index is 0.0997. The lowest BCUT2D eigenvalue weighted by Crippen LogP contribution is -2.26. The van der Waals surface area contributed by atoms with Crippen molar-refractivity contribution in [1.29, 1.82) is 0 Å². The highest BCUT2D eigenvalue weighted by Crippen LogP contribution is 2.45. The molecule has 5 nitrogen and oxygen atoms in total. The molecule has 0 aromatic carbocycles. The van der Waals surface area contributed by atoms with Gasteiger partial charge in [-0.05, 0) is 31.0 Å². The summed E-state index contributed by atoms with van der Waals surface area (Å²) in [6.45, 7) is 0. The fraction of sp³-hybridized carbons (Fsp3) is 0.267. The zero-order valence-electron chi connectivity index (χ0n) is 11.5. The van der Waals surface area contributed by atoms with Crippen molar-refractivity contribution in [2.24, 2.45) is 0 Å². The maximum absolute atomic E-state index is 12.7. The Morgan fingerprint density at radius 2 is 2.10 bits per heavy atom. The van der Waals surface area contributed by atoms with E-state index in [1.807, 2.05) is 12.1 Å². The van der Waals surface area contributed by atoms with Crippen LogP contribution in [0.4, 0.5) is 17.3 Å². The molecular formula is C15H13ClN4O. The first-order valence-corrected chi connectivity index (χ1v) is 7.22. The molecule has 21 heavy (non-hydrogen) atoms. The SMILES string of the molecule is CN1C(=O)c2cccnc2N(C2CC2)c2cc(Cl)cnc21. The number of aromatic nitrogens is 2. The van der Waals surface area contributed by atoms with E-state index in [0.29, 0.717) is 28.3 Å². The van der Waals surface area contributed by atoms with E-state index in [1.165, 1.54) is 0 Å². The van der Waals surface area contributed by atoms with Gasteiger partial charge >= 0.3 is 0 Å². The Labute approximate surface area is 127 Å². The summed E-state index contributed by atoms with van der Waals surface area (Å²) in [4.78, 5) is 25.1. The second-order valence-electron chi connectivity index (χ2n) is 5.34. The topological polar surface area (TPSA) is 49.3 Å². The van der Waals surface area contributed by atoms with E-state index in [0.717, 1.165) is 18.5 Å². The van der Waals surface area contributed by atoms with Gasteiger partial charge in [-0.1, -0.05) is 11.6 Å². The number of carbonyl (C=O) groups is 1. The molecule has 1 aliphatic carbocycles. The normalized spacial score (nSPS) is 17.3. The molecule has 1 saturated carbocycles. The molecule has 106 valence electrons. The van der Waals surface area contributed by atoms with E-state index in [2.05, 4.69) is 14.9 Å². The van der Waals surface area contributed by atoms with Crippen molar-refractivity contribution in [1.82, 2.24) is 9.97 Å². The van der Waals surface area contributed by atoms with Crippen LogP contribution in [-0.2, 0) is 0 Å². The first-order chi connectivity index (χ1) is 10.2. The fourth-order valence-corrected chi connectivity index (χ4v) is 2.86. The van der Waals surface area contributed by atoms with Crippen molar-refractivity contribution < 1.29 is 4.79 Å². The Morgan fingerprint density at radius 3 is 2.86 bits per heavy atom. The molecule has 1 aliphatic heterocycles. The fourth-order valence-electron chi connectivity index (χ4n) is 2.71. The number of carbonyl (C=O) groups excluding carboxylic acids is 1. The lowest BCUT2D eigenvalue weighted by molar-refractivity contribution is 0.0993. The molecule has 0 radical (unpaired) electrons.